The van der Waals surface area contributed by atoms with Crippen LogP contribution >= 0.6 is 11.6 Å². The van der Waals surface area contributed by atoms with Crippen molar-refractivity contribution in [1.82, 2.24) is 9.55 Å². The zero-order valence-corrected chi connectivity index (χ0v) is 12.3. The fourth-order valence-electron chi connectivity index (χ4n) is 2.32. The van der Waals surface area contributed by atoms with Crippen LogP contribution in [0.5, 0.6) is 5.75 Å². The summed E-state index contributed by atoms with van der Waals surface area (Å²) in [6.45, 7) is 0. The van der Waals surface area contributed by atoms with Crippen molar-refractivity contribution in [2.45, 2.75) is 0 Å². The number of aromatic hydroxyl groups is 1. The summed E-state index contributed by atoms with van der Waals surface area (Å²) in [4.78, 5) is 16.3. The summed E-state index contributed by atoms with van der Waals surface area (Å²) in [6.07, 6.45) is 2.14. The number of pyridine rings is 1. The van der Waals surface area contributed by atoms with Gasteiger partial charge in [-0.25, -0.2) is 13.8 Å². The number of aromatic nitrogens is 3. The van der Waals surface area contributed by atoms with Gasteiger partial charge in [-0.1, -0.05) is 11.6 Å². The molecule has 0 fully saturated rings. The van der Waals surface area contributed by atoms with Gasteiger partial charge >= 0.3 is 5.52 Å². The van der Waals surface area contributed by atoms with Crippen LogP contribution in [0, 0.1) is 16.8 Å². The summed E-state index contributed by atoms with van der Waals surface area (Å²) >= 11 is 5.75. The van der Waals surface area contributed by atoms with Gasteiger partial charge in [0.25, 0.3) is 5.56 Å². The summed E-state index contributed by atoms with van der Waals surface area (Å²) in [5.74, 6) is -2.80. The second-order valence-electron chi connectivity index (χ2n) is 4.73. The third kappa shape index (κ3) is 2.10. The van der Waals surface area contributed by atoms with E-state index in [0.29, 0.717) is 0 Å². The number of rotatable bonds is 1. The van der Waals surface area contributed by atoms with Gasteiger partial charge in [0.05, 0.1) is 11.2 Å². The molecule has 23 heavy (non-hydrogen) atoms. The van der Waals surface area contributed by atoms with Crippen molar-refractivity contribution < 1.29 is 18.6 Å². The molecule has 0 saturated heterocycles. The van der Waals surface area contributed by atoms with E-state index in [9.17, 15) is 23.9 Å². The molecule has 0 radical (unpaired) electrons. The average Bonchev–Trinajstić information content (AvgIpc) is 2.52. The number of fused-ring (bicyclic) bond motifs is 1. The molecule has 0 saturated carbocycles. The normalized spacial score (nSPS) is 11.1. The highest BCUT2D eigenvalue weighted by atomic mass is 35.5. The van der Waals surface area contributed by atoms with E-state index in [4.69, 9.17) is 11.6 Å². The van der Waals surface area contributed by atoms with E-state index in [0.717, 1.165) is 29.1 Å². The van der Waals surface area contributed by atoms with E-state index in [-0.39, 0.29) is 15.9 Å². The van der Waals surface area contributed by atoms with Gasteiger partial charge in [0.2, 0.25) is 11.4 Å². The lowest BCUT2D eigenvalue weighted by Gasteiger charge is -2.12. The highest BCUT2D eigenvalue weighted by molar-refractivity contribution is 6.33. The van der Waals surface area contributed by atoms with Gasteiger partial charge in [-0.15, -0.1) is 0 Å². The Morgan fingerprint density at radius 2 is 1.96 bits per heavy atom. The van der Waals surface area contributed by atoms with Crippen LogP contribution in [-0.4, -0.2) is 14.7 Å². The van der Waals surface area contributed by atoms with Crippen molar-refractivity contribution in [3.8, 4) is 16.9 Å². The summed E-state index contributed by atoms with van der Waals surface area (Å²) < 4.78 is 28.9. The van der Waals surface area contributed by atoms with Gasteiger partial charge in [0.15, 0.2) is 6.20 Å². The Labute approximate surface area is 132 Å². The van der Waals surface area contributed by atoms with Crippen LogP contribution in [0.1, 0.15) is 0 Å². The van der Waals surface area contributed by atoms with E-state index in [1.54, 1.807) is 0 Å². The Bertz CT molecular complexity index is 1020. The zero-order valence-electron chi connectivity index (χ0n) is 11.5. The van der Waals surface area contributed by atoms with Gasteiger partial charge in [0.1, 0.15) is 17.2 Å². The quantitative estimate of drug-likeness (QED) is 0.417. The maximum absolute atomic E-state index is 14.1. The largest absolute Gasteiger partial charge is 0.618 e. The minimum absolute atomic E-state index is 0.110. The first-order valence-electron chi connectivity index (χ1n) is 6.28. The SMILES string of the molecule is Cn1c(=O)c(-c2c(F)ccc(F)c2Cl)c(O)c2c1ncc[n+]2[O-]. The number of halogens is 3. The monoisotopic (exact) mass is 339 g/mol. The Morgan fingerprint density at radius 3 is 2.65 bits per heavy atom. The second kappa shape index (κ2) is 5.17. The lowest BCUT2D eigenvalue weighted by atomic mass is 10.0. The molecule has 2 heterocycles. The molecule has 0 amide bonds. The average molecular weight is 340 g/mol. The fourth-order valence-corrected chi connectivity index (χ4v) is 2.57. The maximum Gasteiger partial charge on any atom is 0.302 e. The highest BCUT2D eigenvalue weighted by Crippen LogP contribution is 2.37. The molecule has 0 bridgehead atoms. The second-order valence-corrected chi connectivity index (χ2v) is 5.11. The molecule has 0 atom stereocenters. The lowest BCUT2D eigenvalue weighted by molar-refractivity contribution is -0.577. The molecule has 0 aliphatic heterocycles. The third-order valence-corrected chi connectivity index (χ3v) is 3.79. The van der Waals surface area contributed by atoms with Crippen molar-refractivity contribution >= 4 is 22.8 Å². The molecular weight excluding hydrogens is 332 g/mol. The lowest BCUT2D eigenvalue weighted by Crippen LogP contribution is -2.31. The molecule has 0 aliphatic carbocycles. The molecule has 0 spiro atoms. The standard InChI is InChI=1S/C14H8ClF2N3O3/c1-19-13-11(20(23)5-4-18-13)12(21)9(14(19)22)8-6(16)2-3-7(17)10(8)15/h2-5,21H,1H3. The van der Waals surface area contributed by atoms with Crippen LogP contribution in [0.15, 0.2) is 29.3 Å². The molecule has 118 valence electrons. The molecule has 1 aromatic carbocycles. The van der Waals surface area contributed by atoms with Crippen LogP contribution < -0.4 is 10.3 Å². The van der Waals surface area contributed by atoms with Gasteiger partial charge in [-0.05, 0) is 12.1 Å². The van der Waals surface area contributed by atoms with Crippen LogP contribution in [0.3, 0.4) is 0 Å². The number of hydrogen-bond acceptors (Lipinski definition) is 4. The first kappa shape index (κ1) is 15.2. The van der Waals surface area contributed by atoms with Gasteiger partial charge < -0.3 is 10.3 Å². The van der Waals surface area contributed by atoms with Gasteiger partial charge in [-0.3, -0.25) is 9.36 Å². The minimum atomic E-state index is -1.01. The van der Waals surface area contributed by atoms with Crippen LogP contribution in [-0.2, 0) is 7.05 Å². The van der Waals surface area contributed by atoms with Crippen molar-refractivity contribution in [3.05, 3.63) is 56.7 Å². The first-order valence-corrected chi connectivity index (χ1v) is 6.66. The molecule has 6 nitrogen and oxygen atoms in total. The summed E-state index contributed by atoms with van der Waals surface area (Å²) in [7, 11) is 1.28. The van der Waals surface area contributed by atoms with Crippen LogP contribution in [0.25, 0.3) is 22.3 Å². The Kier molecular flexibility index (Phi) is 3.41. The number of nitrogens with zero attached hydrogens (tertiary/aromatic N) is 3. The molecule has 1 N–H and O–H groups in total. The summed E-state index contributed by atoms with van der Waals surface area (Å²) in [5.41, 5.74) is -2.57. The Balaban J connectivity index is 2.57. The molecule has 9 heteroatoms. The van der Waals surface area contributed by atoms with Gasteiger partial charge in [-0.2, -0.15) is 4.73 Å². The molecule has 0 unspecified atom stereocenters. The van der Waals surface area contributed by atoms with E-state index in [2.05, 4.69) is 4.98 Å². The summed E-state index contributed by atoms with van der Waals surface area (Å²) in [5, 5.41) is 21.5. The molecule has 0 aliphatic rings. The molecule has 3 rings (SSSR count). The van der Waals surface area contributed by atoms with Gasteiger partial charge in [0, 0.05) is 12.6 Å². The third-order valence-electron chi connectivity index (χ3n) is 3.42. The maximum atomic E-state index is 14.1. The zero-order chi connectivity index (χ0) is 16.9. The van der Waals surface area contributed by atoms with Crippen molar-refractivity contribution in [3.63, 3.8) is 0 Å². The molecule has 3 aromatic rings. The van der Waals surface area contributed by atoms with E-state index in [1.807, 2.05) is 0 Å². The summed E-state index contributed by atoms with van der Waals surface area (Å²) in [6, 6.07) is 1.56. The van der Waals surface area contributed by atoms with Crippen molar-refractivity contribution in [2.75, 3.05) is 0 Å². The minimum Gasteiger partial charge on any atom is -0.618 e. The predicted molar refractivity (Wildman–Crippen MR) is 78.0 cm³/mol. The Hall–Kier alpha value is -2.74. The molecular formula is C14H8ClF2N3O3. The first-order chi connectivity index (χ1) is 10.8. The number of benzene rings is 1. The number of hydrogen-bond donors (Lipinski definition) is 1. The smallest absolute Gasteiger partial charge is 0.302 e. The predicted octanol–water partition coefficient (Wildman–Crippen LogP) is 1.87. The van der Waals surface area contributed by atoms with Crippen LogP contribution in [0.4, 0.5) is 8.78 Å². The van der Waals surface area contributed by atoms with E-state index >= 15 is 0 Å². The molecule has 2 aromatic heterocycles. The number of aryl methyl sites for hydroxylation is 1. The van der Waals surface area contributed by atoms with Crippen molar-refractivity contribution in [1.29, 1.82) is 0 Å². The Morgan fingerprint density at radius 1 is 1.30 bits per heavy atom. The fraction of sp³-hybridized carbons (Fsp3) is 0.0714. The highest BCUT2D eigenvalue weighted by Gasteiger charge is 2.27. The topological polar surface area (TPSA) is 82.1 Å². The van der Waals surface area contributed by atoms with Crippen molar-refractivity contribution in [2.24, 2.45) is 7.05 Å². The van der Waals surface area contributed by atoms with E-state index < -0.39 is 39.1 Å². The van der Waals surface area contributed by atoms with E-state index in [1.165, 1.54) is 7.05 Å². The van der Waals surface area contributed by atoms with Crippen LogP contribution in [0.2, 0.25) is 5.02 Å².